The van der Waals surface area contributed by atoms with Gasteiger partial charge >= 0.3 is 11.9 Å². The molecule has 0 aromatic heterocycles. The molecule has 5 rings (SSSR count). The lowest BCUT2D eigenvalue weighted by atomic mass is 10.0. The summed E-state index contributed by atoms with van der Waals surface area (Å²) in [7, 11) is 0. The van der Waals surface area contributed by atoms with Gasteiger partial charge in [0, 0.05) is 13.1 Å². The molecule has 0 N–H and O–H groups in total. The van der Waals surface area contributed by atoms with E-state index in [9.17, 15) is 19.2 Å². The van der Waals surface area contributed by atoms with E-state index in [1.165, 1.54) is 0 Å². The van der Waals surface area contributed by atoms with Crippen molar-refractivity contribution in [2.75, 3.05) is 13.1 Å². The second-order valence-electron chi connectivity index (χ2n) is 10.9. The first-order valence-electron chi connectivity index (χ1n) is 14.6. The molecule has 2 amide bonds. The maximum atomic E-state index is 13.2. The zero-order chi connectivity index (χ0) is 29.3. The highest BCUT2D eigenvalue weighted by Gasteiger charge is 2.36. The molecular formula is C34H36N2O6. The fraction of sp³-hybridized carbons (Fsp3) is 0.353. The van der Waals surface area contributed by atoms with E-state index in [2.05, 4.69) is 0 Å². The topological polar surface area (TPSA) is 93.2 Å². The van der Waals surface area contributed by atoms with E-state index in [4.69, 9.17) is 9.47 Å². The Morgan fingerprint density at radius 3 is 1.40 bits per heavy atom. The molecule has 0 aliphatic carbocycles. The van der Waals surface area contributed by atoms with E-state index < -0.39 is 12.1 Å². The van der Waals surface area contributed by atoms with Crippen LogP contribution >= 0.6 is 0 Å². The van der Waals surface area contributed by atoms with Crippen LogP contribution in [0.2, 0.25) is 0 Å². The average molecular weight is 569 g/mol. The van der Waals surface area contributed by atoms with E-state index in [1.54, 1.807) is 9.80 Å². The maximum Gasteiger partial charge on any atom is 0.329 e. The summed E-state index contributed by atoms with van der Waals surface area (Å²) in [6.45, 7) is 1.38. The van der Waals surface area contributed by atoms with Crippen LogP contribution in [-0.2, 0) is 54.7 Å². The van der Waals surface area contributed by atoms with Gasteiger partial charge in [0.1, 0.15) is 25.3 Å². The molecular weight excluding hydrogens is 532 g/mol. The SMILES string of the molecule is O=C(OCc1ccccc1)C1CCCN1C(=O)Cc1cccc(CC(=O)N2CCCC2C(=O)OCc2ccccc2)c1. The van der Waals surface area contributed by atoms with Crippen LogP contribution in [0.5, 0.6) is 0 Å². The van der Waals surface area contributed by atoms with Gasteiger partial charge in [0.15, 0.2) is 0 Å². The molecule has 0 bridgehead atoms. The molecule has 3 aromatic rings. The van der Waals surface area contributed by atoms with E-state index in [1.807, 2.05) is 84.9 Å². The zero-order valence-corrected chi connectivity index (χ0v) is 23.7. The molecule has 2 aliphatic heterocycles. The van der Waals surface area contributed by atoms with Crippen molar-refractivity contribution in [3.63, 3.8) is 0 Å². The number of amides is 2. The number of rotatable bonds is 10. The normalized spacial score (nSPS) is 18.1. The van der Waals surface area contributed by atoms with E-state index in [-0.39, 0.29) is 49.8 Å². The summed E-state index contributed by atoms with van der Waals surface area (Å²) in [5, 5.41) is 0. The number of carbonyl (C=O) groups is 4. The second kappa shape index (κ2) is 13.9. The van der Waals surface area contributed by atoms with Crippen LogP contribution in [0.4, 0.5) is 0 Å². The number of likely N-dealkylation sites (tertiary alicyclic amines) is 2. The van der Waals surface area contributed by atoms with Crippen molar-refractivity contribution < 1.29 is 28.7 Å². The van der Waals surface area contributed by atoms with Crippen LogP contribution < -0.4 is 0 Å². The molecule has 8 nitrogen and oxygen atoms in total. The highest BCUT2D eigenvalue weighted by Crippen LogP contribution is 2.23. The average Bonchev–Trinajstić information content (AvgIpc) is 3.71. The number of benzene rings is 3. The molecule has 0 spiro atoms. The van der Waals surface area contributed by atoms with E-state index >= 15 is 0 Å². The van der Waals surface area contributed by atoms with Crippen molar-refractivity contribution in [1.82, 2.24) is 9.80 Å². The molecule has 218 valence electrons. The van der Waals surface area contributed by atoms with Gasteiger partial charge in [-0.3, -0.25) is 9.59 Å². The molecule has 3 aromatic carbocycles. The summed E-state index contributed by atoms with van der Waals surface area (Å²) >= 11 is 0. The van der Waals surface area contributed by atoms with Gasteiger partial charge < -0.3 is 19.3 Å². The van der Waals surface area contributed by atoms with Gasteiger partial charge in [-0.25, -0.2) is 9.59 Å². The Morgan fingerprint density at radius 2 is 0.976 bits per heavy atom. The third-order valence-corrected chi connectivity index (χ3v) is 7.84. The van der Waals surface area contributed by atoms with Gasteiger partial charge in [-0.2, -0.15) is 0 Å². The first kappa shape index (κ1) is 29.0. The molecule has 0 saturated carbocycles. The Morgan fingerprint density at radius 1 is 0.571 bits per heavy atom. The van der Waals surface area contributed by atoms with E-state index in [0.29, 0.717) is 25.9 Å². The highest BCUT2D eigenvalue weighted by atomic mass is 16.5. The summed E-state index contributed by atoms with van der Waals surface area (Å²) in [6.07, 6.45) is 2.91. The Kier molecular flexibility index (Phi) is 9.64. The zero-order valence-electron chi connectivity index (χ0n) is 23.7. The number of esters is 2. The minimum atomic E-state index is -0.584. The smallest absolute Gasteiger partial charge is 0.329 e. The minimum Gasteiger partial charge on any atom is -0.459 e. The molecule has 2 saturated heterocycles. The number of nitrogens with zero attached hydrogens (tertiary/aromatic N) is 2. The lowest BCUT2D eigenvalue weighted by Crippen LogP contribution is -2.42. The quantitative estimate of drug-likeness (QED) is 0.340. The predicted molar refractivity (Wildman–Crippen MR) is 156 cm³/mol. The molecule has 2 atom stereocenters. The fourth-order valence-electron chi connectivity index (χ4n) is 5.67. The summed E-state index contributed by atoms with van der Waals surface area (Å²) in [5.74, 6) is -1.05. The van der Waals surface area contributed by atoms with Gasteiger partial charge in [-0.05, 0) is 47.9 Å². The number of hydrogen-bond donors (Lipinski definition) is 0. The lowest BCUT2D eigenvalue weighted by molar-refractivity contribution is -0.154. The molecule has 8 heteroatoms. The van der Waals surface area contributed by atoms with E-state index in [0.717, 1.165) is 35.1 Å². The van der Waals surface area contributed by atoms with Gasteiger partial charge in [0.2, 0.25) is 11.8 Å². The van der Waals surface area contributed by atoms with Gasteiger partial charge in [0.05, 0.1) is 12.8 Å². The third kappa shape index (κ3) is 7.43. The second-order valence-corrected chi connectivity index (χ2v) is 10.9. The molecule has 42 heavy (non-hydrogen) atoms. The first-order chi connectivity index (χ1) is 20.5. The molecule has 0 radical (unpaired) electrons. The van der Waals surface area contributed by atoms with Crippen LogP contribution in [0, 0.1) is 0 Å². The first-order valence-corrected chi connectivity index (χ1v) is 14.6. The number of ether oxygens (including phenoxy) is 2. The van der Waals surface area contributed by atoms with Crippen molar-refractivity contribution in [1.29, 1.82) is 0 Å². The molecule has 2 heterocycles. The molecule has 2 unspecified atom stereocenters. The Hall–Kier alpha value is -4.46. The summed E-state index contributed by atoms with van der Waals surface area (Å²) in [5.41, 5.74) is 3.34. The Balaban J connectivity index is 1.14. The summed E-state index contributed by atoms with van der Waals surface area (Å²) in [4.78, 5) is 55.2. The van der Waals surface area contributed by atoms with Crippen molar-refractivity contribution in [3.05, 3.63) is 107 Å². The Bertz CT molecular complexity index is 1290. The van der Waals surface area contributed by atoms with Crippen LogP contribution in [-0.4, -0.2) is 58.7 Å². The summed E-state index contributed by atoms with van der Waals surface area (Å²) < 4.78 is 11.0. The predicted octanol–water partition coefficient (Wildman–Crippen LogP) is 4.24. The molecule has 2 aliphatic rings. The monoisotopic (exact) mass is 568 g/mol. The lowest BCUT2D eigenvalue weighted by Gasteiger charge is -2.24. The molecule has 2 fully saturated rings. The third-order valence-electron chi connectivity index (χ3n) is 7.84. The van der Waals surface area contributed by atoms with Crippen molar-refractivity contribution >= 4 is 23.8 Å². The minimum absolute atomic E-state index is 0.128. The van der Waals surface area contributed by atoms with Crippen molar-refractivity contribution in [2.45, 2.75) is 63.8 Å². The number of carbonyl (C=O) groups excluding carboxylic acids is 4. The van der Waals surface area contributed by atoms with Crippen molar-refractivity contribution in [3.8, 4) is 0 Å². The largest absolute Gasteiger partial charge is 0.459 e. The Labute approximate surface area is 246 Å². The van der Waals surface area contributed by atoms with Gasteiger partial charge in [0.25, 0.3) is 0 Å². The standard InChI is InChI=1S/C34H36N2O6/c37-31(35-18-8-16-29(35)33(39)41-23-25-10-3-1-4-11-25)21-27-14-7-15-28(20-27)22-32(38)36-19-9-17-30(36)34(40)42-24-26-12-5-2-6-13-26/h1-7,10-15,20,29-30H,8-9,16-19,21-24H2. The van der Waals surface area contributed by atoms with Gasteiger partial charge in [-0.15, -0.1) is 0 Å². The van der Waals surface area contributed by atoms with Crippen LogP contribution in [0.15, 0.2) is 84.9 Å². The van der Waals surface area contributed by atoms with Gasteiger partial charge in [-0.1, -0.05) is 84.9 Å². The summed E-state index contributed by atoms with van der Waals surface area (Å²) in [6, 6.07) is 25.2. The van der Waals surface area contributed by atoms with Crippen molar-refractivity contribution in [2.24, 2.45) is 0 Å². The highest BCUT2D eigenvalue weighted by molar-refractivity contribution is 5.87. The number of hydrogen-bond acceptors (Lipinski definition) is 6. The van der Waals surface area contributed by atoms with Crippen LogP contribution in [0.25, 0.3) is 0 Å². The maximum absolute atomic E-state index is 13.2. The van der Waals surface area contributed by atoms with Crippen LogP contribution in [0.3, 0.4) is 0 Å². The van der Waals surface area contributed by atoms with Crippen LogP contribution in [0.1, 0.15) is 47.9 Å². The fourth-order valence-corrected chi connectivity index (χ4v) is 5.67.